The van der Waals surface area contributed by atoms with Crippen LogP contribution in [0.4, 0.5) is 0 Å². The molecule has 162 valence electrons. The van der Waals surface area contributed by atoms with E-state index < -0.39 is 16.8 Å². The van der Waals surface area contributed by atoms with Crippen LogP contribution in [0.3, 0.4) is 0 Å². The van der Waals surface area contributed by atoms with Crippen LogP contribution in [0.1, 0.15) is 21.9 Å². The third-order valence-corrected chi connectivity index (χ3v) is 6.51. The molecule has 1 aliphatic heterocycles. The fraction of sp³-hybridized carbons (Fsp3) is 0.182. The van der Waals surface area contributed by atoms with Gasteiger partial charge in [0.2, 0.25) is 0 Å². The second kappa shape index (κ2) is 7.81. The normalized spacial score (nSPS) is 14.9. The molecule has 0 aliphatic carbocycles. The lowest BCUT2D eigenvalue weighted by molar-refractivity contribution is 0.0689. The summed E-state index contributed by atoms with van der Waals surface area (Å²) in [5.41, 5.74) is 3.04. The van der Waals surface area contributed by atoms with Gasteiger partial charge in [-0.25, -0.2) is 9.48 Å². The van der Waals surface area contributed by atoms with Crippen LogP contribution in [0.25, 0.3) is 28.4 Å². The van der Waals surface area contributed by atoms with Crippen LogP contribution in [0, 0.1) is 0 Å². The van der Waals surface area contributed by atoms with E-state index in [1.165, 1.54) is 0 Å². The number of aromatic nitrogens is 4. The van der Waals surface area contributed by atoms with Gasteiger partial charge in [-0.15, -0.1) is 0 Å². The molecule has 5 rings (SSSR count). The second-order valence-electron chi connectivity index (χ2n) is 7.68. The van der Waals surface area contributed by atoms with Crippen molar-refractivity contribution in [2.75, 3.05) is 14.1 Å². The Hall–Kier alpha value is -3.63. The summed E-state index contributed by atoms with van der Waals surface area (Å²) in [5.74, 6) is -0.121. The summed E-state index contributed by atoms with van der Waals surface area (Å²) in [6, 6.07) is 14.6. The zero-order valence-electron chi connectivity index (χ0n) is 17.3. The summed E-state index contributed by atoms with van der Waals surface area (Å²) in [6.45, 7) is 0.547. The molecule has 3 heterocycles. The van der Waals surface area contributed by atoms with Gasteiger partial charge in [-0.05, 0) is 38.4 Å². The molecule has 0 fully saturated rings. The summed E-state index contributed by atoms with van der Waals surface area (Å²) < 4.78 is 19.7. The summed E-state index contributed by atoms with van der Waals surface area (Å²) in [6.07, 6.45) is 0. The highest BCUT2D eigenvalue weighted by molar-refractivity contribution is 7.84. The van der Waals surface area contributed by atoms with Crippen LogP contribution in [-0.2, 0) is 23.1 Å². The average Bonchev–Trinajstić information content (AvgIpc) is 3.39. The van der Waals surface area contributed by atoms with Gasteiger partial charge in [0.25, 0.3) is 5.89 Å². The third-order valence-electron chi connectivity index (χ3n) is 5.11. The molecule has 2 aromatic heterocycles. The molecule has 0 radical (unpaired) electrons. The van der Waals surface area contributed by atoms with Crippen molar-refractivity contribution in [2.24, 2.45) is 0 Å². The molecule has 1 unspecified atom stereocenters. The lowest BCUT2D eigenvalue weighted by Crippen LogP contribution is -2.11. The highest BCUT2D eigenvalue weighted by atomic mass is 32.2. The zero-order chi connectivity index (χ0) is 22.4. The molecule has 9 nitrogen and oxygen atoms in total. The van der Waals surface area contributed by atoms with Crippen molar-refractivity contribution in [1.29, 1.82) is 0 Å². The summed E-state index contributed by atoms with van der Waals surface area (Å²) in [4.78, 5) is 18.9. The molecule has 0 amide bonds. The maximum atomic E-state index is 12.7. The number of carboxylic acid groups (broad SMARTS) is 1. The summed E-state index contributed by atoms with van der Waals surface area (Å²) >= 11 is 0. The van der Waals surface area contributed by atoms with Crippen LogP contribution in [0.15, 0.2) is 57.9 Å². The average molecular weight is 449 g/mol. The van der Waals surface area contributed by atoms with Gasteiger partial charge >= 0.3 is 5.97 Å². The summed E-state index contributed by atoms with van der Waals surface area (Å²) in [7, 11) is 2.50. The van der Waals surface area contributed by atoms with E-state index in [1.807, 2.05) is 61.5 Å². The molecule has 0 saturated heterocycles. The lowest BCUT2D eigenvalue weighted by atomic mass is 10.1. The first-order valence-electron chi connectivity index (χ1n) is 9.83. The number of hydrogen-bond acceptors (Lipinski definition) is 7. The largest absolute Gasteiger partial charge is 0.476 e. The fourth-order valence-electron chi connectivity index (χ4n) is 3.78. The van der Waals surface area contributed by atoms with Crippen molar-refractivity contribution >= 4 is 16.8 Å². The first kappa shape index (κ1) is 20.3. The molecule has 0 spiro atoms. The van der Waals surface area contributed by atoms with Crippen LogP contribution in [0.5, 0.6) is 0 Å². The van der Waals surface area contributed by atoms with E-state index in [4.69, 9.17) is 4.52 Å². The van der Waals surface area contributed by atoms with E-state index >= 15 is 0 Å². The molecular weight excluding hydrogens is 430 g/mol. The van der Waals surface area contributed by atoms with E-state index in [1.54, 1.807) is 10.7 Å². The van der Waals surface area contributed by atoms with Crippen LogP contribution in [0.2, 0.25) is 0 Å². The van der Waals surface area contributed by atoms with E-state index in [9.17, 15) is 14.1 Å². The number of carbonyl (C=O) groups is 1. The molecule has 2 aromatic carbocycles. The lowest BCUT2D eigenvalue weighted by Gasteiger charge is -2.18. The minimum atomic E-state index is -1.34. The van der Waals surface area contributed by atoms with E-state index in [2.05, 4.69) is 15.2 Å². The SMILES string of the molecule is CN(C)Cc1noc(-c2cccc(-n3nc(C(=O)O)c4c3-c3ccccc3S(=O)C4)c2)n1. The van der Waals surface area contributed by atoms with Crippen molar-refractivity contribution in [1.82, 2.24) is 24.8 Å². The molecular formula is C22H19N5O4S. The number of fused-ring (bicyclic) bond motifs is 3. The van der Waals surface area contributed by atoms with Crippen LogP contribution in [-0.4, -0.2) is 54.2 Å². The standard InChI is InChI=1S/C22H19N5O4S/c1-26(2)11-18-23-21(31-25-18)13-6-5-7-14(10-13)27-20-15-8-3-4-9-17(15)32(30)12-16(20)19(24-27)22(28)29/h3-10H,11-12H2,1-2H3,(H,28,29). The minimum absolute atomic E-state index is 0.0979. The smallest absolute Gasteiger partial charge is 0.356 e. The first-order chi connectivity index (χ1) is 15.4. The van der Waals surface area contributed by atoms with Crippen LogP contribution < -0.4 is 0 Å². The van der Waals surface area contributed by atoms with Crippen molar-refractivity contribution < 1.29 is 18.6 Å². The fourth-order valence-corrected chi connectivity index (χ4v) is 5.11. The zero-order valence-corrected chi connectivity index (χ0v) is 18.2. The highest BCUT2D eigenvalue weighted by Crippen LogP contribution is 2.39. The molecule has 10 heteroatoms. The van der Waals surface area contributed by atoms with Gasteiger partial charge in [0.05, 0.1) is 34.5 Å². The van der Waals surface area contributed by atoms with Crippen molar-refractivity contribution in [2.45, 2.75) is 17.2 Å². The monoisotopic (exact) mass is 449 g/mol. The Balaban J connectivity index is 1.65. The van der Waals surface area contributed by atoms with Crippen molar-refractivity contribution in [3.05, 3.63) is 65.6 Å². The number of benzene rings is 2. The Bertz CT molecular complexity index is 1370. The molecule has 4 aromatic rings. The van der Waals surface area contributed by atoms with Gasteiger partial charge < -0.3 is 14.5 Å². The maximum Gasteiger partial charge on any atom is 0.356 e. The van der Waals surface area contributed by atoms with Gasteiger partial charge in [-0.2, -0.15) is 10.1 Å². The van der Waals surface area contributed by atoms with Gasteiger partial charge in [0, 0.05) is 21.6 Å². The summed E-state index contributed by atoms with van der Waals surface area (Å²) in [5, 5.41) is 18.1. The predicted octanol–water partition coefficient (Wildman–Crippen LogP) is 2.97. The van der Waals surface area contributed by atoms with E-state index in [0.29, 0.717) is 51.2 Å². The minimum Gasteiger partial charge on any atom is -0.476 e. The molecule has 0 bridgehead atoms. The topological polar surface area (TPSA) is 114 Å². The maximum absolute atomic E-state index is 12.7. The van der Waals surface area contributed by atoms with Gasteiger partial charge in [-0.3, -0.25) is 4.21 Å². The van der Waals surface area contributed by atoms with Crippen molar-refractivity contribution in [3.8, 4) is 28.4 Å². The Morgan fingerprint density at radius 2 is 2.03 bits per heavy atom. The van der Waals surface area contributed by atoms with Gasteiger partial charge in [0.1, 0.15) is 0 Å². The van der Waals surface area contributed by atoms with Gasteiger partial charge in [-0.1, -0.05) is 29.4 Å². The Labute approximate surface area is 185 Å². The molecule has 1 aliphatic rings. The van der Waals surface area contributed by atoms with Gasteiger partial charge in [0.15, 0.2) is 11.5 Å². The molecule has 32 heavy (non-hydrogen) atoms. The predicted molar refractivity (Wildman–Crippen MR) is 117 cm³/mol. The Kier molecular flexibility index (Phi) is 4.95. The number of carboxylic acids is 1. The molecule has 0 saturated carbocycles. The van der Waals surface area contributed by atoms with Crippen LogP contribution >= 0.6 is 0 Å². The highest BCUT2D eigenvalue weighted by Gasteiger charge is 2.32. The molecule has 1 atom stereocenters. The first-order valence-corrected chi connectivity index (χ1v) is 11.2. The second-order valence-corrected chi connectivity index (χ2v) is 9.10. The van der Waals surface area contributed by atoms with E-state index in [-0.39, 0.29) is 11.4 Å². The third kappa shape index (κ3) is 3.43. The molecule has 1 N–H and O–H groups in total. The Morgan fingerprint density at radius 1 is 1.22 bits per heavy atom. The Morgan fingerprint density at radius 3 is 2.81 bits per heavy atom. The van der Waals surface area contributed by atoms with Crippen molar-refractivity contribution in [3.63, 3.8) is 0 Å². The number of aromatic carboxylic acids is 1. The number of rotatable bonds is 5. The quantitative estimate of drug-likeness (QED) is 0.495. The van der Waals surface area contributed by atoms with E-state index in [0.717, 1.165) is 0 Å². The number of nitrogens with zero attached hydrogens (tertiary/aromatic N) is 5. The number of hydrogen-bond donors (Lipinski definition) is 1.